The van der Waals surface area contributed by atoms with Crippen molar-refractivity contribution in [3.63, 3.8) is 0 Å². The van der Waals surface area contributed by atoms with Crippen molar-refractivity contribution < 1.29 is 26.2 Å². The van der Waals surface area contributed by atoms with Gasteiger partial charge in [0.1, 0.15) is 0 Å². The van der Waals surface area contributed by atoms with Crippen LogP contribution in [0, 0.1) is 0 Å². The Morgan fingerprint density at radius 1 is 0.692 bits per heavy atom. The second-order valence-corrected chi connectivity index (χ2v) is 10.4. The van der Waals surface area contributed by atoms with Gasteiger partial charge in [0.05, 0.1) is 5.75 Å². The summed E-state index contributed by atoms with van der Waals surface area (Å²) in [5.74, 6) is -0.0903. The fraction of sp³-hybridized carbons (Fsp3) is 1.00. The van der Waals surface area contributed by atoms with Crippen molar-refractivity contribution in [2.24, 2.45) is 0 Å². The molecule has 8 heteroatoms. The molecule has 0 aromatic carbocycles. The van der Waals surface area contributed by atoms with Crippen LogP contribution in [0.1, 0.15) is 86.0 Å². The molecular weight excluding hydrogens is 372 g/mol. The molecule has 0 heterocycles. The first kappa shape index (κ1) is 28.2. The zero-order chi connectivity index (χ0) is 20.3. The van der Waals surface area contributed by atoms with Gasteiger partial charge in [-0.3, -0.25) is 4.55 Å². The van der Waals surface area contributed by atoms with E-state index in [0.29, 0.717) is 26.2 Å². The maximum atomic E-state index is 10.1. The Hall–Kier alpha value is 0.00688. The molecule has 0 aromatic heterocycles. The van der Waals surface area contributed by atoms with Crippen molar-refractivity contribution in [2.75, 3.05) is 25.6 Å². The quantitative estimate of drug-likeness (QED) is 0.216. The maximum absolute atomic E-state index is 10.1. The summed E-state index contributed by atoms with van der Waals surface area (Å²) < 4.78 is 45.9. The van der Waals surface area contributed by atoms with E-state index in [1.807, 2.05) is 27.7 Å². The summed E-state index contributed by atoms with van der Waals surface area (Å²) in [5.41, 5.74) is 0. The van der Waals surface area contributed by atoms with Gasteiger partial charge >= 0.3 is 8.80 Å². The zero-order valence-electron chi connectivity index (χ0n) is 17.6. The SMILES string of the molecule is CCCCCCS(=O)(=O)O.CCCCCC[Si](OCC)(OCC)OCC. The number of rotatable bonds is 16. The first-order chi connectivity index (χ1) is 12.3. The van der Waals surface area contributed by atoms with E-state index in [9.17, 15) is 8.42 Å². The van der Waals surface area contributed by atoms with Crippen LogP contribution < -0.4 is 0 Å². The van der Waals surface area contributed by atoms with Crippen LogP contribution >= 0.6 is 0 Å². The first-order valence-electron chi connectivity index (χ1n) is 10.2. The van der Waals surface area contributed by atoms with Gasteiger partial charge in [0.15, 0.2) is 0 Å². The zero-order valence-corrected chi connectivity index (χ0v) is 19.4. The van der Waals surface area contributed by atoms with Crippen LogP contribution in [0.15, 0.2) is 0 Å². The van der Waals surface area contributed by atoms with Gasteiger partial charge in [-0.1, -0.05) is 52.4 Å². The summed E-state index contributed by atoms with van der Waals surface area (Å²) in [7, 11) is -6.05. The summed E-state index contributed by atoms with van der Waals surface area (Å²) in [4.78, 5) is 0. The molecule has 26 heavy (non-hydrogen) atoms. The second-order valence-electron chi connectivity index (χ2n) is 6.14. The predicted octanol–water partition coefficient (Wildman–Crippen LogP) is 5.07. The minimum Gasteiger partial charge on any atom is -0.374 e. The molecule has 0 aliphatic rings. The van der Waals surface area contributed by atoms with Crippen LogP contribution in [-0.2, 0) is 23.4 Å². The highest BCUT2D eigenvalue weighted by Crippen LogP contribution is 2.20. The highest BCUT2D eigenvalue weighted by atomic mass is 32.2. The van der Waals surface area contributed by atoms with Crippen LogP contribution in [0.5, 0.6) is 0 Å². The first-order valence-corrected chi connectivity index (χ1v) is 13.7. The lowest BCUT2D eigenvalue weighted by atomic mass is 10.2. The molecule has 0 aliphatic carbocycles. The van der Waals surface area contributed by atoms with Crippen molar-refractivity contribution in [1.82, 2.24) is 0 Å². The Morgan fingerprint density at radius 2 is 1.12 bits per heavy atom. The third-order valence-electron chi connectivity index (χ3n) is 3.69. The largest absolute Gasteiger partial charge is 0.500 e. The van der Waals surface area contributed by atoms with Gasteiger partial charge in [-0.25, -0.2) is 0 Å². The van der Waals surface area contributed by atoms with Gasteiger partial charge in [0, 0.05) is 25.9 Å². The van der Waals surface area contributed by atoms with Gasteiger partial charge in [-0.05, 0) is 33.6 Å². The number of hydrogen-bond donors (Lipinski definition) is 1. The molecule has 0 bridgehead atoms. The standard InChI is InChI=1S/C12H28O3Si.C6H14O3S/c1-5-9-10-11-12-16(13-6-2,14-7-3)15-8-4;1-2-3-4-5-6-10(7,8)9/h5-12H2,1-4H3;2-6H2,1H3,(H,7,8,9). The topological polar surface area (TPSA) is 82.1 Å². The molecular formula is C18H42O6SSi. The lowest BCUT2D eigenvalue weighted by molar-refractivity contribution is 0.0706. The van der Waals surface area contributed by atoms with E-state index in [4.69, 9.17) is 17.8 Å². The average molecular weight is 415 g/mol. The molecule has 6 nitrogen and oxygen atoms in total. The van der Waals surface area contributed by atoms with Crippen LogP contribution in [0.3, 0.4) is 0 Å². The minimum atomic E-state index is -3.70. The van der Waals surface area contributed by atoms with Crippen LogP contribution in [0.2, 0.25) is 6.04 Å². The molecule has 0 spiro atoms. The second kappa shape index (κ2) is 18.4. The summed E-state index contributed by atoms with van der Waals surface area (Å²) in [5, 5.41) is 0. The van der Waals surface area contributed by atoms with E-state index in [1.54, 1.807) is 0 Å². The molecule has 0 aromatic rings. The lowest BCUT2D eigenvalue weighted by Gasteiger charge is -2.28. The summed E-state index contributed by atoms with van der Waals surface area (Å²) in [6, 6.07) is 0.961. The molecule has 0 saturated heterocycles. The van der Waals surface area contributed by atoms with E-state index < -0.39 is 18.9 Å². The Morgan fingerprint density at radius 3 is 1.46 bits per heavy atom. The highest BCUT2D eigenvalue weighted by Gasteiger charge is 2.39. The van der Waals surface area contributed by atoms with Crippen LogP contribution in [0.25, 0.3) is 0 Å². The monoisotopic (exact) mass is 414 g/mol. The fourth-order valence-electron chi connectivity index (χ4n) is 2.48. The molecule has 0 amide bonds. The van der Waals surface area contributed by atoms with Gasteiger partial charge < -0.3 is 13.3 Å². The molecule has 0 rings (SSSR count). The van der Waals surface area contributed by atoms with E-state index in [0.717, 1.165) is 31.7 Å². The smallest absolute Gasteiger partial charge is 0.374 e. The summed E-state index contributed by atoms with van der Waals surface area (Å²) >= 11 is 0. The van der Waals surface area contributed by atoms with Gasteiger partial charge in [-0.15, -0.1) is 0 Å². The molecule has 0 atom stereocenters. The number of unbranched alkanes of at least 4 members (excludes halogenated alkanes) is 6. The van der Waals surface area contributed by atoms with Gasteiger partial charge in [0.25, 0.3) is 10.1 Å². The van der Waals surface area contributed by atoms with Crippen molar-refractivity contribution in [2.45, 2.75) is 92.0 Å². The Bertz CT molecular complexity index is 372. The summed E-state index contributed by atoms with van der Waals surface area (Å²) in [6.07, 6.45) is 8.52. The molecule has 1 N–H and O–H groups in total. The predicted molar refractivity (Wildman–Crippen MR) is 110 cm³/mol. The Kier molecular flexibility index (Phi) is 19.9. The average Bonchev–Trinajstić information content (AvgIpc) is 2.56. The third-order valence-corrected chi connectivity index (χ3v) is 7.64. The van der Waals surface area contributed by atoms with Crippen molar-refractivity contribution >= 4 is 18.9 Å². The molecule has 0 aliphatic heterocycles. The number of hydrogen-bond acceptors (Lipinski definition) is 5. The Balaban J connectivity index is 0. The molecule has 0 saturated carbocycles. The Labute approximate surface area is 163 Å². The normalized spacial score (nSPS) is 11.9. The van der Waals surface area contributed by atoms with E-state index in [2.05, 4.69) is 6.92 Å². The van der Waals surface area contributed by atoms with E-state index in [1.165, 1.54) is 19.3 Å². The molecule has 0 unspecified atom stereocenters. The summed E-state index contributed by atoms with van der Waals surface area (Å²) in [6.45, 7) is 12.3. The molecule has 0 radical (unpaired) electrons. The van der Waals surface area contributed by atoms with E-state index in [-0.39, 0.29) is 5.75 Å². The van der Waals surface area contributed by atoms with Gasteiger partial charge in [-0.2, -0.15) is 8.42 Å². The lowest BCUT2D eigenvalue weighted by Crippen LogP contribution is -2.45. The maximum Gasteiger partial charge on any atom is 0.500 e. The van der Waals surface area contributed by atoms with Gasteiger partial charge in [0.2, 0.25) is 0 Å². The molecule has 160 valence electrons. The van der Waals surface area contributed by atoms with Crippen molar-refractivity contribution in [1.29, 1.82) is 0 Å². The van der Waals surface area contributed by atoms with Crippen molar-refractivity contribution in [3.05, 3.63) is 0 Å². The van der Waals surface area contributed by atoms with E-state index >= 15 is 0 Å². The fourth-order valence-corrected chi connectivity index (χ4v) is 5.74. The highest BCUT2D eigenvalue weighted by molar-refractivity contribution is 7.85. The molecule has 0 fully saturated rings. The minimum absolute atomic E-state index is 0.0903. The third kappa shape index (κ3) is 18.8. The van der Waals surface area contributed by atoms with Crippen LogP contribution in [-0.4, -0.2) is 47.3 Å². The van der Waals surface area contributed by atoms with Crippen molar-refractivity contribution in [3.8, 4) is 0 Å². The van der Waals surface area contributed by atoms with Crippen LogP contribution in [0.4, 0.5) is 0 Å².